The van der Waals surface area contributed by atoms with Crippen molar-refractivity contribution in [3.05, 3.63) is 21.4 Å². The second-order valence-electron chi connectivity index (χ2n) is 6.14. The lowest BCUT2D eigenvalue weighted by atomic mass is 9.90. The zero-order chi connectivity index (χ0) is 12.6. The minimum absolute atomic E-state index is 0.0880. The molecule has 1 aromatic heterocycles. The van der Waals surface area contributed by atoms with Crippen LogP contribution in [0, 0.1) is 0 Å². The van der Waals surface area contributed by atoms with Gasteiger partial charge in [-0.1, -0.05) is 46.7 Å². The molecule has 0 unspecified atom stereocenters. The molecule has 3 heteroatoms. The molecule has 0 atom stereocenters. The predicted octanol–water partition coefficient (Wildman–Crippen LogP) is 4.15. The molecule has 2 nitrogen and oxygen atoms in total. The van der Waals surface area contributed by atoms with Crippen LogP contribution in [0.15, 0.2) is 11.2 Å². The number of nitrogens with zero attached hydrogens (tertiary/aromatic N) is 1. The molecule has 0 aliphatic carbocycles. The Labute approximate surface area is 102 Å². The van der Waals surface area contributed by atoms with Gasteiger partial charge in [0.1, 0.15) is 0 Å². The molecule has 0 fully saturated rings. The Kier molecular flexibility index (Phi) is 3.48. The van der Waals surface area contributed by atoms with Crippen molar-refractivity contribution >= 4 is 17.6 Å². The van der Waals surface area contributed by atoms with Gasteiger partial charge in [0.2, 0.25) is 0 Å². The first-order chi connectivity index (χ1) is 7.16. The Morgan fingerprint density at radius 1 is 1.12 bits per heavy atom. The van der Waals surface area contributed by atoms with E-state index in [4.69, 9.17) is 5.21 Å². The van der Waals surface area contributed by atoms with Crippen LogP contribution in [0.2, 0.25) is 0 Å². The standard InChI is InChI=1S/C13H21NOS/c1-12(2,3)10-7-9(8-14-15)11(16-10)13(4,5)6/h7-8,15H,1-6H3/b14-8+. The zero-order valence-corrected chi connectivity index (χ0v) is 11.8. The molecule has 1 aromatic rings. The summed E-state index contributed by atoms with van der Waals surface area (Å²) in [6.45, 7) is 13.1. The van der Waals surface area contributed by atoms with Gasteiger partial charge >= 0.3 is 0 Å². The Balaban J connectivity index is 3.32. The molecule has 0 aliphatic heterocycles. The topological polar surface area (TPSA) is 32.6 Å². The van der Waals surface area contributed by atoms with E-state index in [1.54, 1.807) is 0 Å². The van der Waals surface area contributed by atoms with Crippen molar-refractivity contribution < 1.29 is 5.21 Å². The fourth-order valence-corrected chi connectivity index (χ4v) is 2.77. The fourth-order valence-electron chi connectivity index (χ4n) is 1.52. The molecule has 0 radical (unpaired) electrons. The van der Waals surface area contributed by atoms with Crippen LogP contribution in [0.4, 0.5) is 0 Å². The summed E-state index contributed by atoms with van der Waals surface area (Å²) in [7, 11) is 0. The largest absolute Gasteiger partial charge is 0.411 e. The average molecular weight is 239 g/mol. The summed E-state index contributed by atoms with van der Waals surface area (Å²) in [6.07, 6.45) is 1.53. The highest BCUT2D eigenvalue weighted by Gasteiger charge is 2.25. The monoisotopic (exact) mass is 239 g/mol. The lowest BCUT2D eigenvalue weighted by Gasteiger charge is -2.18. The Morgan fingerprint density at radius 2 is 1.69 bits per heavy atom. The van der Waals surface area contributed by atoms with E-state index >= 15 is 0 Å². The molecule has 1 heterocycles. The number of oxime groups is 1. The molecule has 0 saturated carbocycles. The molecular weight excluding hydrogens is 218 g/mol. The predicted molar refractivity (Wildman–Crippen MR) is 71.1 cm³/mol. The molecular formula is C13H21NOS. The van der Waals surface area contributed by atoms with Gasteiger partial charge in [0.05, 0.1) is 6.21 Å². The van der Waals surface area contributed by atoms with Crippen molar-refractivity contribution in [3.8, 4) is 0 Å². The van der Waals surface area contributed by atoms with Crippen LogP contribution in [-0.4, -0.2) is 11.4 Å². The summed E-state index contributed by atoms with van der Waals surface area (Å²) in [6, 6.07) is 2.13. The summed E-state index contributed by atoms with van der Waals surface area (Å²) in [4.78, 5) is 2.60. The summed E-state index contributed by atoms with van der Waals surface area (Å²) in [5.74, 6) is 0. The van der Waals surface area contributed by atoms with Gasteiger partial charge < -0.3 is 5.21 Å². The third-order valence-corrected chi connectivity index (χ3v) is 4.38. The highest BCUT2D eigenvalue weighted by atomic mass is 32.1. The Bertz CT molecular complexity index is 391. The van der Waals surface area contributed by atoms with E-state index in [0.717, 1.165) is 5.56 Å². The van der Waals surface area contributed by atoms with Gasteiger partial charge in [-0.15, -0.1) is 11.3 Å². The van der Waals surface area contributed by atoms with Crippen LogP contribution >= 0.6 is 11.3 Å². The van der Waals surface area contributed by atoms with Crippen molar-refractivity contribution in [2.24, 2.45) is 5.16 Å². The van der Waals surface area contributed by atoms with Crippen LogP contribution in [-0.2, 0) is 10.8 Å². The number of hydrogen-bond acceptors (Lipinski definition) is 3. The molecule has 0 aliphatic rings. The van der Waals surface area contributed by atoms with Crippen LogP contribution < -0.4 is 0 Å². The van der Waals surface area contributed by atoms with Crippen molar-refractivity contribution in [3.63, 3.8) is 0 Å². The summed E-state index contributed by atoms with van der Waals surface area (Å²) >= 11 is 1.81. The lowest BCUT2D eigenvalue weighted by Crippen LogP contribution is -2.11. The van der Waals surface area contributed by atoms with Gasteiger partial charge in [-0.05, 0) is 16.9 Å². The first-order valence-corrected chi connectivity index (χ1v) is 6.30. The van der Waals surface area contributed by atoms with E-state index in [1.165, 1.54) is 16.0 Å². The van der Waals surface area contributed by atoms with Crippen LogP contribution in [0.1, 0.15) is 56.9 Å². The van der Waals surface area contributed by atoms with E-state index < -0.39 is 0 Å². The minimum Gasteiger partial charge on any atom is -0.411 e. The second kappa shape index (κ2) is 4.21. The molecule has 0 saturated heterocycles. The van der Waals surface area contributed by atoms with Crippen molar-refractivity contribution in [1.29, 1.82) is 0 Å². The Morgan fingerprint density at radius 3 is 2.06 bits per heavy atom. The van der Waals surface area contributed by atoms with E-state index in [-0.39, 0.29) is 10.8 Å². The van der Waals surface area contributed by atoms with Crippen LogP contribution in [0.3, 0.4) is 0 Å². The van der Waals surface area contributed by atoms with E-state index in [1.807, 2.05) is 11.3 Å². The second-order valence-corrected chi connectivity index (χ2v) is 7.19. The van der Waals surface area contributed by atoms with E-state index in [9.17, 15) is 0 Å². The van der Waals surface area contributed by atoms with Crippen molar-refractivity contribution in [2.45, 2.75) is 52.4 Å². The average Bonchev–Trinajstić information content (AvgIpc) is 2.46. The summed E-state index contributed by atoms with van der Waals surface area (Å²) in [5.41, 5.74) is 1.27. The van der Waals surface area contributed by atoms with E-state index in [0.29, 0.717) is 0 Å². The molecule has 0 amide bonds. The van der Waals surface area contributed by atoms with Crippen molar-refractivity contribution in [2.75, 3.05) is 0 Å². The highest BCUT2D eigenvalue weighted by Crippen LogP contribution is 2.38. The molecule has 1 N–H and O–H groups in total. The quantitative estimate of drug-likeness (QED) is 0.445. The minimum atomic E-state index is 0.0880. The van der Waals surface area contributed by atoms with Gasteiger partial charge in [0.25, 0.3) is 0 Å². The number of hydrogen-bond donors (Lipinski definition) is 1. The maximum Gasteiger partial charge on any atom is 0.0745 e. The van der Waals surface area contributed by atoms with Gasteiger partial charge in [-0.25, -0.2) is 0 Å². The third-order valence-electron chi connectivity index (χ3n) is 2.38. The van der Waals surface area contributed by atoms with Crippen LogP contribution in [0.25, 0.3) is 0 Å². The number of thiophene rings is 1. The van der Waals surface area contributed by atoms with Crippen LogP contribution in [0.5, 0.6) is 0 Å². The highest BCUT2D eigenvalue weighted by molar-refractivity contribution is 7.12. The van der Waals surface area contributed by atoms with Gasteiger partial charge in [0, 0.05) is 15.3 Å². The van der Waals surface area contributed by atoms with Gasteiger partial charge in [-0.3, -0.25) is 0 Å². The first kappa shape index (κ1) is 13.2. The molecule has 0 bridgehead atoms. The maximum absolute atomic E-state index is 8.70. The van der Waals surface area contributed by atoms with Gasteiger partial charge in [-0.2, -0.15) is 0 Å². The maximum atomic E-state index is 8.70. The Hall–Kier alpha value is -0.830. The summed E-state index contributed by atoms with van der Waals surface area (Å²) < 4.78 is 0. The molecule has 90 valence electrons. The fraction of sp³-hybridized carbons (Fsp3) is 0.615. The SMILES string of the molecule is CC(C)(C)c1cc(/C=N/O)c(C(C)(C)C)s1. The van der Waals surface area contributed by atoms with Crippen molar-refractivity contribution in [1.82, 2.24) is 0 Å². The van der Waals surface area contributed by atoms with E-state index in [2.05, 4.69) is 52.8 Å². The zero-order valence-electron chi connectivity index (χ0n) is 11.0. The number of rotatable bonds is 1. The normalized spacial score (nSPS) is 13.6. The third kappa shape index (κ3) is 2.85. The molecule has 0 aromatic carbocycles. The molecule has 0 spiro atoms. The first-order valence-electron chi connectivity index (χ1n) is 5.48. The molecule has 16 heavy (non-hydrogen) atoms. The summed E-state index contributed by atoms with van der Waals surface area (Å²) in [5, 5.41) is 11.9. The van der Waals surface area contributed by atoms with Gasteiger partial charge in [0.15, 0.2) is 0 Å². The molecule has 1 rings (SSSR count). The smallest absolute Gasteiger partial charge is 0.0745 e. The lowest BCUT2D eigenvalue weighted by molar-refractivity contribution is 0.322.